The number of aromatic hydroxyl groups is 1. The second-order valence-corrected chi connectivity index (χ2v) is 5.68. The van der Waals surface area contributed by atoms with Crippen LogP contribution >= 0.6 is 0 Å². The summed E-state index contributed by atoms with van der Waals surface area (Å²) < 4.78 is 13.0. The Morgan fingerprint density at radius 1 is 1.32 bits per heavy atom. The average molecular weight is 302 g/mol. The van der Waals surface area contributed by atoms with Gasteiger partial charge in [0.15, 0.2) is 0 Å². The van der Waals surface area contributed by atoms with Crippen molar-refractivity contribution in [1.29, 1.82) is 0 Å². The lowest BCUT2D eigenvalue weighted by atomic mass is 9.93. The Kier molecular flexibility index (Phi) is 4.09. The van der Waals surface area contributed by atoms with E-state index < -0.39 is 0 Å². The minimum Gasteiger partial charge on any atom is -0.506 e. The lowest BCUT2D eigenvalue weighted by molar-refractivity contribution is 0.0799. The van der Waals surface area contributed by atoms with Crippen LogP contribution in [0, 0.1) is 12.7 Å². The summed E-state index contributed by atoms with van der Waals surface area (Å²) in [4.78, 5) is 6.29. The predicted octanol–water partition coefficient (Wildman–Crippen LogP) is 2.67. The maximum Gasteiger partial charge on any atom is 0.141 e. The smallest absolute Gasteiger partial charge is 0.141 e. The van der Waals surface area contributed by atoms with Crippen molar-refractivity contribution in [2.24, 2.45) is 0 Å². The molecule has 0 spiro atoms. The predicted molar refractivity (Wildman–Crippen MR) is 80.7 cm³/mol. The molecule has 1 aliphatic rings. The van der Waals surface area contributed by atoms with E-state index >= 15 is 0 Å². The molecule has 0 saturated carbocycles. The Hall–Kier alpha value is -1.98. The lowest BCUT2D eigenvalue weighted by Crippen LogP contribution is -2.40. The van der Waals surface area contributed by atoms with E-state index in [9.17, 15) is 14.6 Å². The quantitative estimate of drug-likeness (QED) is 0.911. The number of pyridine rings is 1. The standard InChI is InChI=1S/C17H19FN2O2/c1-11-17(22)15(13(10-21)8-19-11)9-20-7-6-16(20)12-2-4-14(18)5-3-12/h2-5,8,16,21-22H,6-7,9-10H2,1H3/t16-/m0/s1. The van der Waals surface area contributed by atoms with Crippen molar-refractivity contribution in [1.82, 2.24) is 9.88 Å². The summed E-state index contributed by atoms with van der Waals surface area (Å²) in [7, 11) is 0. The number of nitrogens with zero attached hydrogens (tertiary/aromatic N) is 2. The second-order valence-electron chi connectivity index (χ2n) is 5.68. The molecule has 1 aliphatic heterocycles. The van der Waals surface area contributed by atoms with Crippen LogP contribution in [-0.4, -0.2) is 26.6 Å². The van der Waals surface area contributed by atoms with Gasteiger partial charge in [-0.2, -0.15) is 0 Å². The molecule has 1 fully saturated rings. The molecule has 116 valence electrons. The molecule has 1 atom stereocenters. The number of aliphatic hydroxyl groups is 1. The summed E-state index contributed by atoms with van der Waals surface area (Å²) in [5, 5.41) is 19.7. The minimum absolute atomic E-state index is 0.148. The van der Waals surface area contributed by atoms with Gasteiger partial charge in [0.2, 0.25) is 0 Å². The van der Waals surface area contributed by atoms with Crippen LogP contribution in [0.2, 0.25) is 0 Å². The van der Waals surface area contributed by atoms with Gasteiger partial charge in [-0.05, 0) is 31.0 Å². The first-order valence-corrected chi connectivity index (χ1v) is 7.37. The lowest BCUT2D eigenvalue weighted by Gasteiger charge is -2.41. The summed E-state index contributed by atoms with van der Waals surface area (Å²) in [6.07, 6.45) is 2.61. The van der Waals surface area contributed by atoms with Gasteiger partial charge in [0.25, 0.3) is 0 Å². The van der Waals surface area contributed by atoms with Gasteiger partial charge in [0, 0.05) is 36.5 Å². The fourth-order valence-electron chi connectivity index (χ4n) is 2.89. The molecule has 22 heavy (non-hydrogen) atoms. The van der Waals surface area contributed by atoms with Gasteiger partial charge < -0.3 is 10.2 Å². The molecule has 1 aromatic heterocycles. The summed E-state index contributed by atoms with van der Waals surface area (Å²) >= 11 is 0. The highest BCUT2D eigenvalue weighted by Crippen LogP contribution is 2.37. The van der Waals surface area contributed by atoms with Crippen LogP contribution in [-0.2, 0) is 13.2 Å². The Morgan fingerprint density at radius 2 is 2.05 bits per heavy atom. The number of aromatic nitrogens is 1. The van der Waals surface area contributed by atoms with E-state index in [2.05, 4.69) is 9.88 Å². The summed E-state index contributed by atoms with van der Waals surface area (Å²) in [5.74, 6) is -0.0871. The maximum absolute atomic E-state index is 13.0. The zero-order valence-electron chi connectivity index (χ0n) is 12.5. The minimum atomic E-state index is -0.236. The van der Waals surface area contributed by atoms with Crippen molar-refractivity contribution in [3.63, 3.8) is 0 Å². The summed E-state index contributed by atoms with van der Waals surface area (Å²) in [6, 6.07) is 6.77. The molecule has 3 rings (SSSR count). The highest BCUT2D eigenvalue weighted by atomic mass is 19.1. The van der Waals surface area contributed by atoms with E-state index in [1.165, 1.54) is 12.1 Å². The first-order valence-electron chi connectivity index (χ1n) is 7.37. The monoisotopic (exact) mass is 302 g/mol. The van der Waals surface area contributed by atoms with Crippen LogP contribution in [0.3, 0.4) is 0 Å². The van der Waals surface area contributed by atoms with E-state index in [1.807, 2.05) is 0 Å². The van der Waals surface area contributed by atoms with Gasteiger partial charge in [-0.1, -0.05) is 12.1 Å². The highest BCUT2D eigenvalue weighted by molar-refractivity contribution is 5.41. The Balaban J connectivity index is 1.82. The van der Waals surface area contributed by atoms with E-state index in [0.717, 1.165) is 24.1 Å². The van der Waals surface area contributed by atoms with E-state index in [1.54, 1.807) is 25.3 Å². The molecule has 0 radical (unpaired) electrons. The van der Waals surface area contributed by atoms with Gasteiger partial charge in [-0.25, -0.2) is 4.39 Å². The average Bonchev–Trinajstić information content (AvgIpc) is 2.49. The third-order valence-corrected chi connectivity index (χ3v) is 4.35. The third kappa shape index (κ3) is 2.69. The van der Waals surface area contributed by atoms with E-state index in [0.29, 0.717) is 17.8 Å². The molecule has 2 heterocycles. The van der Waals surface area contributed by atoms with Crippen LogP contribution in [0.25, 0.3) is 0 Å². The number of halogens is 1. The van der Waals surface area contributed by atoms with Crippen LogP contribution in [0.1, 0.15) is 34.8 Å². The number of hydrogen-bond donors (Lipinski definition) is 2. The molecule has 2 N–H and O–H groups in total. The molecule has 5 heteroatoms. The number of aliphatic hydroxyl groups excluding tert-OH is 1. The molecule has 0 bridgehead atoms. The number of aryl methyl sites for hydroxylation is 1. The Bertz CT molecular complexity index is 673. The van der Waals surface area contributed by atoms with Crippen LogP contribution in [0.5, 0.6) is 5.75 Å². The molecule has 1 saturated heterocycles. The fourth-order valence-corrected chi connectivity index (χ4v) is 2.89. The van der Waals surface area contributed by atoms with Crippen molar-refractivity contribution in [2.75, 3.05) is 6.54 Å². The normalized spacial score (nSPS) is 18.2. The van der Waals surface area contributed by atoms with E-state index in [-0.39, 0.29) is 24.2 Å². The Labute approximate surface area is 128 Å². The summed E-state index contributed by atoms with van der Waals surface area (Å²) in [5.41, 5.74) is 3.00. The third-order valence-electron chi connectivity index (χ3n) is 4.35. The van der Waals surface area contributed by atoms with E-state index in [4.69, 9.17) is 0 Å². The van der Waals surface area contributed by atoms with Crippen molar-refractivity contribution in [3.8, 4) is 5.75 Å². The van der Waals surface area contributed by atoms with Crippen LogP contribution < -0.4 is 0 Å². The molecular weight excluding hydrogens is 283 g/mol. The summed E-state index contributed by atoms with van der Waals surface area (Å²) in [6.45, 7) is 3.06. The molecular formula is C17H19FN2O2. The number of benzene rings is 1. The second kappa shape index (κ2) is 6.02. The molecule has 0 unspecified atom stereocenters. The molecule has 4 nitrogen and oxygen atoms in total. The fraction of sp³-hybridized carbons (Fsp3) is 0.353. The van der Waals surface area contributed by atoms with Crippen molar-refractivity contribution < 1.29 is 14.6 Å². The number of hydrogen-bond acceptors (Lipinski definition) is 4. The van der Waals surface area contributed by atoms with Gasteiger partial charge in [-0.15, -0.1) is 0 Å². The van der Waals surface area contributed by atoms with Crippen LogP contribution in [0.15, 0.2) is 30.5 Å². The maximum atomic E-state index is 13.0. The van der Waals surface area contributed by atoms with Gasteiger partial charge >= 0.3 is 0 Å². The van der Waals surface area contributed by atoms with Gasteiger partial charge in [0.1, 0.15) is 11.6 Å². The number of likely N-dealkylation sites (tertiary alicyclic amines) is 1. The van der Waals surface area contributed by atoms with Crippen molar-refractivity contribution in [3.05, 3.63) is 58.7 Å². The zero-order chi connectivity index (χ0) is 15.7. The highest BCUT2D eigenvalue weighted by Gasteiger charge is 2.30. The van der Waals surface area contributed by atoms with Crippen molar-refractivity contribution >= 4 is 0 Å². The van der Waals surface area contributed by atoms with Crippen molar-refractivity contribution in [2.45, 2.75) is 32.5 Å². The first kappa shape index (κ1) is 14.9. The molecule has 0 amide bonds. The molecule has 0 aliphatic carbocycles. The topological polar surface area (TPSA) is 56.6 Å². The molecule has 2 aromatic rings. The van der Waals surface area contributed by atoms with Gasteiger partial charge in [0.05, 0.1) is 12.3 Å². The largest absolute Gasteiger partial charge is 0.506 e. The SMILES string of the molecule is Cc1ncc(CO)c(CN2CC[C@H]2c2ccc(F)cc2)c1O. The van der Waals surface area contributed by atoms with Gasteiger partial charge in [-0.3, -0.25) is 9.88 Å². The zero-order valence-corrected chi connectivity index (χ0v) is 12.5. The first-order chi connectivity index (χ1) is 10.6. The number of rotatable bonds is 4. The van der Waals surface area contributed by atoms with Crippen LogP contribution in [0.4, 0.5) is 4.39 Å². The molecule has 1 aromatic carbocycles. The Morgan fingerprint density at radius 3 is 2.64 bits per heavy atom.